The van der Waals surface area contributed by atoms with Crippen molar-refractivity contribution in [3.8, 4) is 0 Å². The Labute approximate surface area is 86.0 Å². The van der Waals surface area contributed by atoms with Gasteiger partial charge in [-0.25, -0.2) is 0 Å². The van der Waals surface area contributed by atoms with Gasteiger partial charge in [0, 0.05) is 18.3 Å². The first-order valence-corrected chi connectivity index (χ1v) is 5.36. The maximum Gasteiger partial charge on any atom is 0.220 e. The first kappa shape index (κ1) is 12.8. The molecular weight excluding hydrogens is 186 g/mol. The van der Waals surface area contributed by atoms with Crippen LogP contribution in [-0.2, 0) is 4.79 Å². The summed E-state index contributed by atoms with van der Waals surface area (Å²) in [5, 5.41) is 3.08. The average molecular weight is 206 g/mol. The van der Waals surface area contributed by atoms with Gasteiger partial charge in [-0.15, -0.1) is 11.6 Å². The van der Waals surface area contributed by atoms with Gasteiger partial charge in [-0.3, -0.25) is 4.79 Å². The first-order valence-electron chi connectivity index (χ1n) is 4.93. The van der Waals surface area contributed by atoms with E-state index in [1.165, 1.54) is 0 Å². The molecule has 0 aromatic carbocycles. The molecule has 0 aliphatic heterocycles. The van der Waals surface area contributed by atoms with E-state index in [-0.39, 0.29) is 11.3 Å². The van der Waals surface area contributed by atoms with E-state index in [2.05, 4.69) is 5.32 Å². The van der Waals surface area contributed by atoms with Crippen LogP contribution in [0, 0.1) is 5.92 Å². The SMILES string of the molecule is CC(C)CC(=O)NCCCC(C)Cl. The van der Waals surface area contributed by atoms with Gasteiger partial charge in [0.25, 0.3) is 0 Å². The number of rotatable bonds is 6. The molecule has 0 aromatic rings. The highest BCUT2D eigenvalue weighted by atomic mass is 35.5. The highest BCUT2D eigenvalue weighted by Crippen LogP contribution is 2.03. The van der Waals surface area contributed by atoms with E-state index in [1.807, 2.05) is 20.8 Å². The van der Waals surface area contributed by atoms with Gasteiger partial charge in [0.15, 0.2) is 0 Å². The molecule has 1 atom stereocenters. The van der Waals surface area contributed by atoms with Crippen molar-refractivity contribution in [3.63, 3.8) is 0 Å². The molecule has 0 aliphatic rings. The molecule has 0 fully saturated rings. The third-order valence-electron chi connectivity index (χ3n) is 1.69. The highest BCUT2D eigenvalue weighted by molar-refractivity contribution is 6.20. The average Bonchev–Trinajstić information content (AvgIpc) is 1.96. The largest absolute Gasteiger partial charge is 0.356 e. The van der Waals surface area contributed by atoms with E-state index in [4.69, 9.17) is 11.6 Å². The molecule has 0 aliphatic carbocycles. The quantitative estimate of drug-likeness (QED) is 0.524. The Morgan fingerprint density at radius 3 is 2.46 bits per heavy atom. The van der Waals surface area contributed by atoms with Crippen molar-refractivity contribution in [2.75, 3.05) is 6.54 Å². The van der Waals surface area contributed by atoms with Gasteiger partial charge in [0.2, 0.25) is 5.91 Å². The van der Waals surface area contributed by atoms with Crippen molar-refractivity contribution in [2.24, 2.45) is 5.92 Å². The van der Waals surface area contributed by atoms with Gasteiger partial charge in [0.05, 0.1) is 0 Å². The molecular formula is C10H20ClNO. The molecule has 13 heavy (non-hydrogen) atoms. The van der Waals surface area contributed by atoms with Crippen molar-refractivity contribution in [1.82, 2.24) is 5.32 Å². The number of amides is 1. The van der Waals surface area contributed by atoms with Crippen molar-refractivity contribution >= 4 is 17.5 Å². The number of carbonyl (C=O) groups excluding carboxylic acids is 1. The van der Waals surface area contributed by atoms with E-state index in [0.717, 1.165) is 19.4 Å². The number of nitrogens with one attached hydrogen (secondary N) is 1. The van der Waals surface area contributed by atoms with Crippen molar-refractivity contribution in [1.29, 1.82) is 0 Å². The Bertz CT molecular complexity index is 146. The lowest BCUT2D eigenvalue weighted by Gasteiger charge is -2.07. The van der Waals surface area contributed by atoms with Crippen molar-refractivity contribution in [3.05, 3.63) is 0 Å². The molecule has 0 saturated heterocycles. The lowest BCUT2D eigenvalue weighted by atomic mass is 10.1. The molecule has 78 valence electrons. The molecule has 0 heterocycles. The van der Waals surface area contributed by atoms with Crippen LogP contribution in [0.5, 0.6) is 0 Å². The number of alkyl halides is 1. The van der Waals surface area contributed by atoms with Crippen molar-refractivity contribution in [2.45, 2.75) is 45.4 Å². The van der Waals surface area contributed by atoms with Crippen molar-refractivity contribution < 1.29 is 4.79 Å². The summed E-state index contributed by atoms with van der Waals surface area (Å²) < 4.78 is 0. The molecule has 1 N–H and O–H groups in total. The molecule has 0 aromatic heterocycles. The molecule has 0 saturated carbocycles. The fourth-order valence-electron chi connectivity index (χ4n) is 1.05. The predicted octanol–water partition coefficient (Wildman–Crippen LogP) is 2.56. The lowest BCUT2D eigenvalue weighted by molar-refractivity contribution is -0.121. The summed E-state index contributed by atoms with van der Waals surface area (Å²) in [6.45, 7) is 6.81. The molecule has 0 radical (unpaired) electrons. The molecule has 1 unspecified atom stereocenters. The van der Waals surface area contributed by atoms with Crippen LogP contribution in [-0.4, -0.2) is 17.8 Å². The zero-order valence-electron chi connectivity index (χ0n) is 8.77. The summed E-state index contributed by atoms with van der Waals surface area (Å²) in [6.07, 6.45) is 2.55. The molecule has 3 heteroatoms. The molecule has 1 amide bonds. The Kier molecular flexibility index (Phi) is 7.06. The van der Waals surface area contributed by atoms with Crippen LogP contribution in [0.15, 0.2) is 0 Å². The molecule has 0 spiro atoms. The molecule has 2 nitrogen and oxygen atoms in total. The zero-order valence-corrected chi connectivity index (χ0v) is 9.53. The number of carbonyl (C=O) groups is 1. The summed E-state index contributed by atoms with van der Waals surface area (Å²) in [5.41, 5.74) is 0. The van der Waals surface area contributed by atoms with Crippen LogP contribution in [0.1, 0.15) is 40.0 Å². The van der Waals surface area contributed by atoms with Crippen LogP contribution in [0.4, 0.5) is 0 Å². The normalized spacial score (nSPS) is 13.0. The van der Waals surface area contributed by atoms with Gasteiger partial charge >= 0.3 is 0 Å². The smallest absolute Gasteiger partial charge is 0.220 e. The second kappa shape index (κ2) is 7.19. The van der Waals surface area contributed by atoms with E-state index < -0.39 is 0 Å². The van der Waals surface area contributed by atoms with Crippen LogP contribution >= 0.6 is 11.6 Å². The van der Waals surface area contributed by atoms with Gasteiger partial charge in [0.1, 0.15) is 0 Å². The van der Waals surface area contributed by atoms with Crippen LogP contribution in [0.2, 0.25) is 0 Å². The fraction of sp³-hybridized carbons (Fsp3) is 0.900. The lowest BCUT2D eigenvalue weighted by Crippen LogP contribution is -2.25. The monoisotopic (exact) mass is 205 g/mol. The Morgan fingerprint density at radius 1 is 1.38 bits per heavy atom. The predicted molar refractivity (Wildman–Crippen MR) is 57.0 cm³/mol. The van der Waals surface area contributed by atoms with Gasteiger partial charge in [-0.2, -0.15) is 0 Å². The third-order valence-corrected chi connectivity index (χ3v) is 1.91. The minimum absolute atomic E-state index is 0.150. The van der Waals surface area contributed by atoms with Crippen LogP contribution in [0.25, 0.3) is 0 Å². The van der Waals surface area contributed by atoms with E-state index in [9.17, 15) is 4.79 Å². The minimum atomic E-state index is 0.150. The zero-order chi connectivity index (χ0) is 10.3. The van der Waals surface area contributed by atoms with Crippen LogP contribution < -0.4 is 5.32 Å². The fourth-order valence-corrected chi connectivity index (χ4v) is 1.21. The number of hydrogen-bond donors (Lipinski definition) is 1. The van der Waals surface area contributed by atoms with Gasteiger partial charge < -0.3 is 5.32 Å². The maximum absolute atomic E-state index is 11.2. The van der Waals surface area contributed by atoms with E-state index in [0.29, 0.717) is 12.3 Å². The van der Waals surface area contributed by atoms with Crippen LogP contribution in [0.3, 0.4) is 0 Å². The van der Waals surface area contributed by atoms with E-state index >= 15 is 0 Å². The summed E-state index contributed by atoms with van der Waals surface area (Å²) >= 11 is 5.76. The Morgan fingerprint density at radius 2 is 2.00 bits per heavy atom. The third kappa shape index (κ3) is 9.68. The maximum atomic E-state index is 11.2. The standard InChI is InChI=1S/C10H20ClNO/c1-8(2)7-10(13)12-6-4-5-9(3)11/h8-9H,4-7H2,1-3H3,(H,12,13). The molecule has 0 rings (SSSR count). The van der Waals surface area contributed by atoms with Gasteiger partial charge in [-0.05, 0) is 25.7 Å². The number of hydrogen-bond acceptors (Lipinski definition) is 1. The minimum Gasteiger partial charge on any atom is -0.356 e. The molecule has 0 bridgehead atoms. The highest BCUT2D eigenvalue weighted by Gasteiger charge is 2.03. The summed E-state index contributed by atoms with van der Waals surface area (Å²) in [6, 6.07) is 0. The first-order chi connectivity index (χ1) is 6.02. The number of halogens is 1. The van der Waals surface area contributed by atoms with Gasteiger partial charge in [-0.1, -0.05) is 13.8 Å². The summed E-state index contributed by atoms with van der Waals surface area (Å²) in [4.78, 5) is 11.2. The Hall–Kier alpha value is -0.240. The second-order valence-electron chi connectivity index (χ2n) is 3.87. The summed E-state index contributed by atoms with van der Waals surface area (Å²) in [5.74, 6) is 0.587. The Balaban J connectivity index is 3.27. The topological polar surface area (TPSA) is 29.1 Å². The second-order valence-corrected chi connectivity index (χ2v) is 4.62. The van der Waals surface area contributed by atoms with E-state index in [1.54, 1.807) is 0 Å². The summed E-state index contributed by atoms with van der Waals surface area (Å²) in [7, 11) is 0.